The van der Waals surface area contributed by atoms with Gasteiger partial charge in [0, 0.05) is 18.8 Å². The molecule has 0 bridgehead atoms. The molecule has 2 N–H and O–H groups in total. The number of carbonyl (C=O) groups is 1. The van der Waals surface area contributed by atoms with E-state index in [0.29, 0.717) is 25.7 Å². The van der Waals surface area contributed by atoms with Gasteiger partial charge in [-0.2, -0.15) is 5.10 Å². The molecule has 18 heavy (non-hydrogen) atoms. The molecule has 2 atom stereocenters. The molecule has 1 amide bonds. The standard InChI is InChI=1S/C12H20N4O2/c1-3-9(2)16-5-4-10(14-16)7-15-8-11(6-13)18-12(15)17/h4-5,9,11H,3,6-8,13H2,1-2H3. The Morgan fingerprint density at radius 1 is 1.67 bits per heavy atom. The molecule has 100 valence electrons. The van der Waals surface area contributed by atoms with Crippen molar-refractivity contribution in [3.63, 3.8) is 0 Å². The Bertz CT molecular complexity index is 418. The van der Waals surface area contributed by atoms with Gasteiger partial charge in [0.2, 0.25) is 0 Å². The summed E-state index contributed by atoms with van der Waals surface area (Å²) in [6.45, 7) is 5.63. The van der Waals surface area contributed by atoms with Crippen LogP contribution in [0, 0.1) is 0 Å². The Labute approximate surface area is 107 Å². The molecule has 1 aliphatic heterocycles. The molecule has 1 aromatic rings. The fraction of sp³-hybridized carbons (Fsp3) is 0.667. The molecule has 1 saturated heterocycles. The van der Waals surface area contributed by atoms with E-state index in [1.165, 1.54) is 0 Å². The smallest absolute Gasteiger partial charge is 0.410 e. The number of amides is 1. The number of hydrogen-bond acceptors (Lipinski definition) is 4. The minimum atomic E-state index is -0.302. The molecule has 1 aliphatic rings. The van der Waals surface area contributed by atoms with Crippen molar-refractivity contribution in [2.45, 2.75) is 39.0 Å². The summed E-state index contributed by atoms with van der Waals surface area (Å²) in [5, 5.41) is 4.47. The average molecular weight is 252 g/mol. The summed E-state index contributed by atoms with van der Waals surface area (Å²) >= 11 is 0. The lowest BCUT2D eigenvalue weighted by Gasteiger charge is -2.11. The summed E-state index contributed by atoms with van der Waals surface area (Å²) < 4.78 is 7.03. The van der Waals surface area contributed by atoms with Crippen molar-refractivity contribution >= 4 is 6.09 Å². The summed E-state index contributed by atoms with van der Waals surface area (Å²) in [6, 6.07) is 2.32. The lowest BCUT2D eigenvalue weighted by Crippen LogP contribution is -2.27. The van der Waals surface area contributed by atoms with E-state index in [1.54, 1.807) is 4.90 Å². The van der Waals surface area contributed by atoms with Gasteiger partial charge in [0.1, 0.15) is 6.10 Å². The van der Waals surface area contributed by atoms with Crippen LogP contribution in [-0.2, 0) is 11.3 Å². The van der Waals surface area contributed by atoms with Crippen LogP contribution in [0.15, 0.2) is 12.3 Å². The maximum atomic E-state index is 11.6. The summed E-state index contributed by atoms with van der Waals surface area (Å²) in [4.78, 5) is 13.2. The van der Waals surface area contributed by atoms with Gasteiger partial charge in [0.25, 0.3) is 0 Å². The zero-order chi connectivity index (χ0) is 13.1. The van der Waals surface area contributed by atoms with Crippen molar-refractivity contribution in [2.75, 3.05) is 13.1 Å². The number of nitrogens with two attached hydrogens (primary N) is 1. The zero-order valence-corrected chi connectivity index (χ0v) is 10.9. The van der Waals surface area contributed by atoms with Crippen LogP contribution in [0.4, 0.5) is 4.79 Å². The highest BCUT2D eigenvalue weighted by molar-refractivity contribution is 5.69. The first kappa shape index (κ1) is 12.9. The molecule has 2 rings (SSSR count). The Morgan fingerprint density at radius 2 is 2.44 bits per heavy atom. The molecule has 6 heteroatoms. The Morgan fingerprint density at radius 3 is 3.06 bits per heavy atom. The van der Waals surface area contributed by atoms with Crippen LogP contribution in [0.2, 0.25) is 0 Å². The third kappa shape index (κ3) is 2.64. The van der Waals surface area contributed by atoms with Crippen molar-refractivity contribution < 1.29 is 9.53 Å². The number of nitrogens with zero attached hydrogens (tertiary/aromatic N) is 3. The van der Waals surface area contributed by atoms with E-state index in [2.05, 4.69) is 18.9 Å². The van der Waals surface area contributed by atoms with Gasteiger partial charge in [0.15, 0.2) is 0 Å². The second kappa shape index (κ2) is 5.39. The third-order valence-electron chi connectivity index (χ3n) is 3.27. The fourth-order valence-corrected chi connectivity index (χ4v) is 1.92. The van der Waals surface area contributed by atoms with Crippen molar-refractivity contribution in [3.8, 4) is 0 Å². The number of hydrogen-bond donors (Lipinski definition) is 1. The zero-order valence-electron chi connectivity index (χ0n) is 10.9. The normalized spacial score (nSPS) is 21.2. The Hall–Kier alpha value is -1.56. The summed E-state index contributed by atoms with van der Waals surface area (Å²) in [5.74, 6) is 0. The van der Waals surface area contributed by atoms with Gasteiger partial charge >= 0.3 is 6.09 Å². The van der Waals surface area contributed by atoms with Gasteiger partial charge in [-0.15, -0.1) is 0 Å². The molecule has 1 fully saturated rings. The maximum Gasteiger partial charge on any atom is 0.410 e. The minimum Gasteiger partial charge on any atom is -0.443 e. The molecule has 0 aromatic carbocycles. The minimum absolute atomic E-state index is 0.186. The van der Waals surface area contributed by atoms with Gasteiger partial charge in [-0.1, -0.05) is 6.92 Å². The van der Waals surface area contributed by atoms with Gasteiger partial charge in [-0.05, 0) is 19.4 Å². The van der Waals surface area contributed by atoms with E-state index in [9.17, 15) is 4.79 Å². The largest absolute Gasteiger partial charge is 0.443 e. The number of cyclic esters (lactones) is 1. The van der Waals surface area contributed by atoms with Crippen LogP contribution >= 0.6 is 0 Å². The number of aromatic nitrogens is 2. The van der Waals surface area contributed by atoms with Crippen molar-refractivity contribution in [2.24, 2.45) is 5.73 Å². The first-order valence-electron chi connectivity index (χ1n) is 6.33. The topological polar surface area (TPSA) is 73.4 Å². The molecule has 0 saturated carbocycles. The van der Waals surface area contributed by atoms with Crippen LogP contribution < -0.4 is 5.73 Å². The molecule has 0 aliphatic carbocycles. The first-order valence-corrected chi connectivity index (χ1v) is 6.33. The van der Waals surface area contributed by atoms with Gasteiger partial charge in [-0.25, -0.2) is 4.79 Å². The summed E-state index contributed by atoms with van der Waals surface area (Å²) in [7, 11) is 0. The molecule has 0 radical (unpaired) electrons. The lowest BCUT2D eigenvalue weighted by molar-refractivity contribution is 0.134. The predicted molar refractivity (Wildman–Crippen MR) is 67.0 cm³/mol. The van der Waals surface area contributed by atoms with E-state index in [-0.39, 0.29) is 12.2 Å². The number of rotatable bonds is 5. The highest BCUT2D eigenvalue weighted by Crippen LogP contribution is 2.15. The van der Waals surface area contributed by atoms with E-state index >= 15 is 0 Å². The number of ether oxygens (including phenoxy) is 1. The summed E-state index contributed by atoms with van der Waals surface area (Å²) in [6.07, 6.45) is 2.49. The summed E-state index contributed by atoms with van der Waals surface area (Å²) in [5.41, 5.74) is 6.37. The third-order valence-corrected chi connectivity index (χ3v) is 3.27. The molecule has 0 spiro atoms. The highest BCUT2D eigenvalue weighted by Gasteiger charge is 2.30. The van der Waals surface area contributed by atoms with Crippen molar-refractivity contribution in [1.29, 1.82) is 0 Å². The quantitative estimate of drug-likeness (QED) is 0.852. The first-order chi connectivity index (χ1) is 8.63. The predicted octanol–water partition coefficient (Wildman–Crippen LogP) is 1.13. The van der Waals surface area contributed by atoms with Gasteiger partial charge < -0.3 is 10.5 Å². The van der Waals surface area contributed by atoms with E-state index in [0.717, 1.165) is 12.1 Å². The van der Waals surface area contributed by atoms with Crippen LogP contribution in [0.3, 0.4) is 0 Å². The Kier molecular flexibility index (Phi) is 3.86. The maximum absolute atomic E-state index is 11.6. The van der Waals surface area contributed by atoms with E-state index < -0.39 is 0 Å². The van der Waals surface area contributed by atoms with E-state index in [4.69, 9.17) is 10.5 Å². The molecule has 1 aromatic heterocycles. The SMILES string of the molecule is CCC(C)n1ccc(CN2CC(CN)OC2=O)n1. The molecular weight excluding hydrogens is 232 g/mol. The second-order valence-electron chi connectivity index (χ2n) is 4.67. The monoisotopic (exact) mass is 252 g/mol. The molecule has 6 nitrogen and oxygen atoms in total. The lowest BCUT2D eigenvalue weighted by atomic mass is 10.3. The average Bonchev–Trinajstić information content (AvgIpc) is 2.97. The molecule has 2 heterocycles. The Balaban J connectivity index is 1.97. The van der Waals surface area contributed by atoms with Crippen molar-refractivity contribution in [3.05, 3.63) is 18.0 Å². The molecular formula is C12H20N4O2. The van der Waals surface area contributed by atoms with Crippen LogP contribution in [0.25, 0.3) is 0 Å². The van der Waals surface area contributed by atoms with Crippen LogP contribution in [0.5, 0.6) is 0 Å². The van der Waals surface area contributed by atoms with Gasteiger partial charge in [0.05, 0.1) is 18.8 Å². The van der Waals surface area contributed by atoms with E-state index in [1.807, 2.05) is 16.9 Å². The molecule has 2 unspecified atom stereocenters. The fourth-order valence-electron chi connectivity index (χ4n) is 1.92. The number of carbonyl (C=O) groups excluding carboxylic acids is 1. The highest BCUT2D eigenvalue weighted by atomic mass is 16.6. The second-order valence-corrected chi connectivity index (χ2v) is 4.67. The van der Waals surface area contributed by atoms with Crippen molar-refractivity contribution in [1.82, 2.24) is 14.7 Å². The van der Waals surface area contributed by atoms with Crippen LogP contribution in [-0.4, -0.2) is 40.0 Å². The van der Waals surface area contributed by atoms with Gasteiger partial charge in [-0.3, -0.25) is 9.58 Å². The van der Waals surface area contributed by atoms with Crippen LogP contribution in [0.1, 0.15) is 32.0 Å².